The highest BCUT2D eigenvalue weighted by atomic mass is 16.3. The summed E-state index contributed by atoms with van der Waals surface area (Å²) in [4.78, 5) is 12.0. The van der Waals surface area contributed by atoms with Gasteiger partial charge >= 0.3 is 0 Å². The average molecular weight is 276 g/mol. The molecule has 4 heteroatoms. The first-order chi connectivity index (χ1) is 9.49. The minimum atomic E-state index is -0.190. The Kier molecular flexibility index (Phi) is 4.63. The zero-order valence-electron chi connectivity index (χ0n) is 12.8. The minimum Gasteiger partial charge on any atom is -0.469 e. The summed E-state index contributed by atoms with van der Waals surface area (Å²) in [6.07, 6.45) is 4.92. The van der Waals surface area contributed by atoms with Crippen LogP contribution in [0.25, 0.3) is 0 Å². The quantitative estimate of drug-likeness (QED) is 0.854. The SMILES string of the molecule is Cc1occc1C(=O)NN=C1C[C@@H](C)CC[C@H]1C(C)C. The molecule has 0 saturated heterocycles. The lowest BCUT2D eigenvalue weighted by Gasteiger charge is -2.30. The zero-order chi connectivity index (χ0) is 14.7. The largest absolute Gasteiger partial charge is 0.469 e. The van der Waals surface area contributed by atoms with Crippen molar-refractivity contribution in [1.82, 2.24) is 5.43 Å². The lowest BCUT2D eigenvalue weighted by Crippen LogP contribution is -2.31. The molecule has 2 atom stereocenters. The van der Waals surface area contributed by atoms with E-state index in [0.717, 1.165) is 18.6 Å². The van der Waals surface area contributed by atoms with Crippen molar-refractivity contribution in [3.05, 3.63) is 23.7 Å². The molecule has 0 bridgehead atoms. The van der Waals surface area contributed by atoms with E-state index in [9.17, 15) is 4.79 Å². The number of rotatable bonds is 3. The second-order valence-corrected chi connectivity index (χ2v) is 6.17. The van der Waals surface area contributed by atoms with Gasteiger partial charge in [-0.3, -0.25) is 4.79 Å². The van der Waals surface area contributed by atoms with Gasteiger partial charge in [-0.2, -0.15) is 5.10 Å². The van der Waals surface area contributed by atoms with Crippen molar-refractivity contribution >= 4 is 11.6 Å². The lowest BCUT2D eigenvalue weighted by molar-refractivity contribution is 0.0952. The molecular formula is C16H24N2O2. The van der Waals surface area contributed by atoms with Crippen molar-refractivity contribution in [3.8, 4) is 0 Å². The average Bonchev–Trinajstić information content (AvgIpc) is 2.82. The van der Waals surface area contributed by atoms with Gasteiger partial charge in [-0.15, -0.1) is 0 Å². The van der Waals surface area contributed by atoms with Crippen molar-refractivity contribution < 1.29 is 9.21 Å². The van der Waals surface area contributed by atoms with Crippen LogP contribution in [0.4, 0.5) is 0 Å². The molecule has 1 aliphatic rings. The summed E-state index contributed by atoms with van der Waals surface area (Å²) >= 11 is 0. The fraction of sp³-hybridized carbons (Fsp3) is 0.625. The molecule has 0 spiro atoms. The molecule has 1 aromatic heterocycles. The summed E-state index contributed by atoms with van der Waals surface area (Å²) in [6, 6.07) is 1.67. The van der Waals surface area contributed by atoms with E-state index in [2.05, 4.69) is 31.3 Å². The molecule has 2 rings (SSSR count). The maximum Gasteiger partial charge on any atom is 0.274 e. The third-order valence-electron chi connectivity index (χ3n) is 4.17. The number of hydrogen-bond donors (Lipinski definition) is 1. The van der Waals surface area contributed by atoms with Gasteiger partial charge in [-0.25, -0.2) is 5.43 Å². The van der Waals surface area contributed by atoms with Gasteiger partial charge in [0.1, 0.15) is 5.76 Å². The van der Waals surface area contributed by atoms with Crippen LogP contribution in [-0.4, -0.2) is 11.6 Å². The summed E-state index contributed by atoms with van der Waals surface area (Å²) < 4.78 is 5.14. The molecule has 0 unspecified atom stereocenters. The zero-order valence-corrected chi connectivity index (χ0v) is 12.8. The number of amides is 1. The van der Waals surface area contributed by atoms with E-state index in [1.807, 2.05) is 0 Å². The van der Waals surface area contributed by atoms with Crippen LogP contribution in [0.3, 0.4) is 0 Å². The Balaban J connectivity index is 2.08. The Labute approximate surface area is 120 Å². The normalized spacial score (nSPS) is 25.1. The van der Waals surface area contributed by atoms with E-state index >= 15 is 0 Å². The van der Waals surface area contributed by atoms with Gasteiger partial charge in [0.15, 0.2) is 0 Å². The third kappa shape index (κ3) is 3.30. The van der Waals surface area contributed by atoms with E-state index < -0.39 is 0 Å². The van der Waals surface area contributed by atoms with Crippen molar-refractivity contribution in [3.63, 3.8) is 0 Å². The van der Waals surface area contributed by atoms with Crippen LogP contribution in [0.15, 0.2) is 21.8 Å². The second-order valence-electron chi connectivity index (χ2n) is 6.17. The van der Waals surface area contributed by atoms with Crippen LogP contribution in [0.2, 0.25) is 0 Å². The number of furan rings is 1. The number of nitrogens with zero attached hydrogens (tertiary/aromatic N) is 1. The van der Waals surface area contributed by atoms with Crippen molar-refractivity contribution in [2.24, 2.45) is 22.9 Å². The molecule has 0 aromatic carbocycles. The monoisotopic (exact) mass is 276 g/mol. The van der Waals surface area contributed by atoms with Crippen LogP contribution >= 0.6 is 0 Å². The molecule has 1 saturated carbocycles. The number of carbonyl (C=O) groups is 1. The molecule has 0 aliphatic heterocycles. The second kappa shape index (κ2) is 6.25. The van der Waals surface area contributed by atoms with Gasteiger partial charge in [0.05, 0.1) is 11.8 Å². The first-order valence-electron chi connectivity index (χ1n) is 7.40. The standard InChI is InChI=1S/C16H24N2O2/c1-10(2)13-6-5-11(3)9-15(13)17-18-16(19)14-7-8-20-12(14)4/h7-8,10-11,13H,5-6,9H2,1-4H3,(H,18,19)/t11-,13-/m0/s1. The van der Waals surface area contributed by atoms with Gasteiger partial charge in [-0.05, 0) is 44.1 Å². The van der Waals surface area contributed by atoms with E-state index in [1.54, 1.807) is 13.0 Å². The summed E-state index contributed by atoms with van der Waals surface area (Å²) in [6.45, 7) is 8.46. The number of aryl methyl sites for hydroxylation is 1. The van der Waals surface area contributed by atoms with Gasteiger partial charge in [0.2, 0.25) is 0 Å². The van der Waals surface area contributed by atoms with Crippen LogP contribution < -0.4 is 5.43 Å². The van der Waals surface area contributed by atoms with Crippen molar-refractivity contribution in [1.29, 1.82) is 0 Å². The molecule has 1 aromatic rings. The molecule has 20 heavy (non-hydrogen) atoms. The van der Waals surface area contributed by atoms with E-state index in [4.69, 9.17) is 4.42 Å². The summed E-state index contributed by atoms with van der Waals surface area (Å²) in [7, 11) is 0. The van der Waals surface area contributed by atoms with E-state index in [0.29, 0.717) is 29.1 Å². The molecule has 4 nitrogen and oxygen atoms in total. The molecule has 1 N–H and O–H groups in total. The van der Waals surface area contributed by atoms with Gasteiger partial charge < -0.3 is 4.42 Å². The Morgan fingerprint density at radius 2 is 2.20 bits per heavy atom. The van der Waals surface area contributed by atoms with Crippen molar-refractivity contribution in [2.45, 2.75) is 47.0 Å². The fourth-order valence-electron chi connectivity index (χ4n) is 2.89. The molecule has 0 radical (unpaired) electrons. The molecule has 1 aliphatic carbocycles. The minimum absolute atomic E-state index is 0.190. The first-order valence-corrected chi connectivity index (χ1v) is 7.40. The summed E-state index contributed by atoms with van der Waals surface area (Å²) in [5.41, 5.74) is 4.38. The van der Waals surface area contributed by atoms with Crippen LogP contribution in [0, 0.1) is 24.7 Å². The maximum absolute atomic E-state index is 12.0. The van der Waals surface area contributed by atoms with E-state index in [1.165, 1.54) is 12.7 Å². The third-order valence-corrected chi connectivity index (χ3v) is 4.17. The predicted octanol–water partition coefficient (Wildman–Crippen LogP) is 3.77. The van der Waals surface area contributed by atoms with Gasteiger partial charge in [0, 0.05) is 11.6 Å². The van der Waals surface area contributed by atoms with Gasteiger partial charge in [-0.1, -0.05) is 20.8 Å². The smallest absolute Gasteiger partial charge is 0.274 e. The van der Waals surface area contributed by atoms with Crippen LogP contribution in [0.5, 0.6) is 0 Å². The fourth-order valence-corrected chi connectivity index (χ4v) is 2.89. The number of nitrogens with one attached hydrogen (secondary N) is 1. The Hall–Kier alpha value is -1.58. The summed E-state index contributed by atoms with van der Waals surface area (Å²) in [5, 5.41) is 4.41. The Morgan fingerprint density at radius 1 is 1.45 bits per heavy atom. The molecule has 110 valence electrons. The highest BCUT2D eigenvalue weighted by Gasteiger charge is 2.27. The Morgan fingerprint density at radius 3 is 2.80 bits per heavy atom. The topological polar surface area (TPSA) is 54.6 Å². The number of carbonyl (C=O) groups excluding carboxylic acids is 1. The predicted molar refractivity (Wildman–Crippen MR) is 79.7 cm³/mol. The first kappa shape index (κ1) is 14.8. The maximum atomic E-state index is 12.0. The highest BCUT2D eigenvalue weighted by Crippen LogP contribution is 2.31. The number of hydrazone groups is 1. The Bertz CT molecular complexity index is 502. The van der Waals surface area contributed by atoms with Crippen LogP contribution in [-0.2, 0) is 0 Å². The molecular weight excluding hydrogens is 252 g/mol. The molecule has 1 heterocycles. The number of hydrogen-bond acceptors (Lipinski definition) is 3. The molecule has 1 fully saturated rings. The molecule has 1 amide bonds. The van der Waals surface area contributed by atoms with Gasteiger partial charge in [0.25, 0.3) is 5.91 Å². The lowest BCUT2D eigenvalue weighted by atomic mass is 9.76. The highest BCUT2D eigenvalue weighted by molar-refractivity contribution is 5.96. The summed E-state index contributed by atoms with van der Waals surface area (Å²) in [5.74, 6) is 2.13. The van der Waals surface area contributed by atoms with E-state index in [-0.39, 0.29) is 5.91 Å². The van der Waals surface area contributed by atoms with Crippen molar-refractivity contribution in [2.75, 3.05) is 0 Å². The van der Waals surface area contributed by atoms with Crippen LogP contribution in [0.1, 0.15) is 56.2 Å².